The van der Waals surface area contributed by atoms with Crippen molar-refractivity contribution in [2.24, 2.45) is 0 Å². The third-order valence-corrected chi connectivity index (χ3v) is 5.61. The molecule has 0 saturated heterocycles. The van der Waals surface area contributed by atoms with E-state index in [1.54, 1.807) is 0 Å². The van der Waals surface area contributed by atoms with Crippen molar-refractivity contribution >= 4 is 32.4 Å². The highest BCUT2D eigenvalue weighted by Gasteiger charge is 2.33. The predicted octanol–water partition coefficient (Wildman–Crippen LogP) is 3.02. The zero-order valence-electron chi connectivity index (χ0n) is 8.26. The van der Waals surface area contributed by atoms with E-state index in [0.29, 0.717) is 9.35 Å². The summed E-state index contributed by atoms with van der Waals surface area (Å²) >= 11 is 3.26. The van der Waals surface area contributed by atoms with E-state index >= 15 is 0 Å². The minimum absolute atomic E-state index is 0.0273. The smallest absolute Gasteiger partial charge is 0.395 e. The molecule has 0 spiro atoms. The van der Waals surface area contributed by atoms with Gasteiger partial charge >= 0.3 is 10.8 Å². The predicted molar refractivity (Wildman–Crippen MR) is 60.0 cm³/mol. The quantitative estimate of drug-likeness (QED) is 0.669. The Hall–Kier alpha value is -0.550. The molecule has 3 nitrogen and oxygen atoms in total. The van der Waals surface area contributed by atoms with Gasteiger partial charge < -0.3 is 9.84 Å². The summed E-state index contributed by atoms with van der Waals surface area (Å²) in [6, 6.07) is 0. The second kappa shape index (κ2) is 4.31. The number of halogens is 1. The van der Waals surface area contributed by atoms with E-state index in [-0.39, 0.29) is 16.2 Å². The Morgan fingerprint density at radius 1 is 1.64 bits per heavy atom. The molecule has 0 aromatic carbocycles. The normalized spacial score (nSPS) is 11.6. The van der Waals surface area contributed by atoms with Gasteiger partial charge in [-0.25, -0.2) is 4.79 Å². The summed E-state index contributed by atoms with van der Waals surface area (Å²) in [5, 5.41) is 9.71. The minimum atomic E-state index is -0.443. The summed E-state index contributed by atoms with van der Waals surface area (Å²) in [6.07, 6.45) is 0. The Morgan fingerprint density at radius 3 is 2.64 bits per heavy atom. The van der Waals surface area contributed by atoms with Gasteiger partial charge in [0, 0.05) is 6.92 Å². The van der Waals surface area contributed by atoms with Crippen LogP contribution in [0.5, 0.6) is 5.75 Å². The Labute approximate surface area is 93.8 Å². The second-order valence-electron chi connectivity index (χ2n) is 2.72. The topological polar surface area (TPSA) is 46.5 Å². The Bertz CT molecular complexity index is 371. The molecule has 0 radical (unpaired) electrons. The van der Waals surface area contributed by atoms with E-state index in [2.05, 4.69) is 20.7 Å². The average Bonchev–Trinajstić information content (AvgIpc) is 2.41. The van der Waals surface area contributed by atoms with Crippen LogP contribution in [-0.2, 0) is 10.5 Å². The second-order valence-corrected chi connectivity index (χ2v) is 5.89. The molecule has 0 aliphatic heterocycles. The largest absolute Gasteiger partial charge is 0.502 e. The first-order valence-electron chi connectivity index (χ1n) is 4.13. The van der Waals surface area contributed by atoms with Crippen LogP contribution in [0.3, 0.4) is 0 Å². The summed E-state index contributed by atoms with van der Waals surface area (Å²) in [7, 11) is 1.00. The van der Waals surface area contributed by atoms with Crippen molar-refractivity contribution in [2.75, 3.05) is 7.11 Å². The Morgan fingerprint density at radius 2 is 2.21 bits per heavy atom. The molecule has 0 aliphatic carbocycles. The molecule has 1 aromatic rings. The van der Waals surface area contributed by atoms with Crippen molar-refractivity contribution in [3.8, 4) is 5.75 Å². The number of aromatic hydroxyl groups is 1. The fourth-order valence-electron chi connectivity index (χ4n) is 1.30. The lowest BCUT2D eigenvalue weighted by molar-refractivity contribution is 0.0603. The van der Waals surface area contributed by atoms with Crippen molar-refractivity contribution in [3.63, 3.8) is 0 Å². The van der Waals surface area contributed by atoms with Crippen LogP contribution in [0, 0.1) is 6.92 Å². The van der Waals surface area contributed by atoms with Crippen LogP contribution in [0.1, 0.15) is 21.5 Å². The lowest BCUT2D eigenvalue weighted by Crippen LogP contribution is -1.99. The van der Waals surface area contributed by atoms with Crippen molar-refractivity contribution in [1.29, 1.82) is 0 Å². The van der Waals surface area contributed by atoms with Crippen LogP contribution in [0.25, 0.3) is 0 Å². The van der Waals surface area contributed by atoms with E-state index in [1.165, 1.54) is 7.11 Å². The number of esters is 1. The highest BCUT2D eigenvalue weighted by Crippen LogP contribution is 2.46. The molecule has 0 amide bonds. The maximum absolute atomic E-state index is 11.4. The zero-order chi connectivity index (χ0) is 10.9. The van der Waals surface area contributed by atoms with Gasteiger partial charge in [-0.1, -0.05) is 0 Å². The number of ether oxygens (including phenoxy) is 1. The van der Waals surface area contributed by atoms with Crippen molar-refractivity contribution in [3.05, 3.63) is 14.2 Å². The van der Waals surface area contributed by atoms with Gasteiger partial charge in [-0.05, 0) is 33.3 Å². The zero-order valence-corrected chi connectivity index (χ0v) is 10.7. The standard InChI is InChI=1S/C9H11BrO3S/c1-4-14-5(2)6(10)7(11)8(14)9(12)13-3/h4H2,1-3H3/p+1. The number of rotatable bonds is 2. The van der Waals surface area contributed by atoms with Gasteiger partial charge in [-0.3, -0.25) is 0 Å². The maximum atomic E-state index is 11.4. The summed E-state index contributed by atoms with van der Waals surface area (Å²) < 4.78 is 5.26. The molecular weight excluding hydrogens is 268 g/mol. The van der Waals surface area contributed by atoms with E-state index in [1.807, 2.05) is 13.8 Å². The van der Waals surface area contributed by atoms with Gasteiger partial charge in [0.05, 0.1) is 7.11 Å². The lowest BCUT2D eigenvalue weighted by atomic mass is 10.4. The van der Waals surface area contributed by atoms with Gasteiger partial charge in [0.2, 0.25) is 5.75 Å². The third kappa shape index (κ3) is 1.66. The van der Waals surface area contributed by atoms with Crippen LogP contribution < -0.4 is 0 Å². The molecule has 1 N–H and O–H groups in total. The van der Waals surface area contributed by atoms with Crippen LogP contribution in [0.4, 0.5) is 0 Å². The molecule has 14 heavy (non-hydrogen) atoms. The highest BCUT2D eigenvalue weighted by atomic mass is 79.9. The van der Waals surface area contributed by atoms with Gasteiger partial charge in [0.25, 0.3) is 0 Å². The fourth-order valence-corrected chi connectivity index (χ4v) is 4.17. The number of carbonyl (C=O) groups excluding carboxylic acids is 1. The monoisotopic (exact) mass is 279 g/mol. The molecule has 1 unspecified atom stereocenters. The van der Waals surface area contributed by atoms with Crippen molar-refractivity contribution in [2.45, 2.75) is 19.6 Å². The van der Waals surface area contributed by atoms with Crippen LogP contribution in [0.15, 0.2) is 4.47 Å². The van der Waals surface area contributed by atoms with Gasteiger partial charge in [0.1, 0.15) is 10.2 Å². The van der Waals surface area contributed by atoms with Gasteiger partial charge in [0.15, 0.2) is 4.88 Å². The molecule has 0 saturated carbocycles. The fraction of sp³-hybridized carbons (Fsp3) is 0.444. The number of methoxy groups -OCH3 is 1. The SMILES string of the molecule is CC[s+]1c(C)c(Br)c(O)c1C(=O)OC. The molecular formula is C9H12BrO3S+. The molecule has 1 aromatic heterocycles. The van der Waals surface area contributed by atoms with E-state index in [4.69, 9.17) is 0 Å². The van der Waals surface area contributed by atoms with Crippen molar-refractivity contribution < 1.29 is 14.6 Å². The molecule has 1 rings (SSSR count). The summed E-state index contributed by atoms with van der Waals surface area (Å²) in [4.78, 5) is 12.8. The number of hydrogen-bond donors (Lipinski definition) is 1. The van der Waals surface area contributed by atoms with Crippen LogP contribution >= 0.6 is 26.4 Å². The van der Waals surface area contributed by atoms with E-state index in [9.17, 15) is 9.90 Å². The van der Waals surface area contributed by atoms with Crippen LogP contribution in [-0.4, -0.2) is 18.2 Å². The summed E-state index contributed by atoms with van der Waals surface area (Å²) in [6.45, 7) is 3.89. The van der Waals surface area contributed by atoms with Gasteiger partial charge in [-0.2, -0.15) is 0 Å². The summed E-state index contributed by atoms with van der Waals surface area (Å²) in [5.41, 5.74) is 0. The first kappa shape index (κ1) is 11.5. The lowest BCUT2D eigenvalue weighted by Gasteiger charge is -1.93. The van der Waals surface area contributed by atoms with E-state index in [0.717, 1.165) is 10.6 Å². The summed E-state index contributed by atoms with van der Waals surface area (Å²) in [5.74, 6) is 0.385. The molecule has 78 valence electrons. The number of hydrogen-bond acceptors (Lipinski definition) is 3. The average molecular weight is 280 g/mol. The van der Waals surface area contributed by atoms with Crippen LogP contribution in [0.2, 0.25) is 0 Å². The molecule has 0 bridgehead atoms. The first-order valence-corrected chi connectivity index (χ1v) is 6.32. The molecule has 0 aliphatic rings. The molecule has 1 atom stereocenters. The minimum Gasteiger partial charge on any atom is -0.502 e. The Kier molecular flexibility index (Phi) is 3.55. The molecule has 1 heterocycles. The molecule has 0 fully saturated rings. The number of carbonyl (C=O) groups is 1. The highest BCUT2D eigenvalue weighted by molar-refractivity contribution is 9.10. The Balaban J connectivity index is 3.40. The van der Waals surface area contributed by atoms with Gasteiger partial charge in [-0.15, -0.1) is 0 Å². The molecule has 5 heteroatoms. The number of thiophene rings is 1. The van der Waals surface area contributed by atoms with E-state index < -0.39 is 5.97 Å². The van der Waals surface area contributed by atoms with Crippen molar-refractivity contribution in [1.82, 2.24) is 0 Å². The first-order chi connectivity index (χ1) is 6.54. The third-order valence-electron chi connectivity index (χ3n) is 2.01. The maximum Gasteiger partial charge on any atom is 0.395 e.